The van der Waals surface area contributed by atoms with Crippen LogP contribution in [0.1, 0.15) is 35.7 Å². The maximum absolute atomic E-state index is 11.7. The number of furan rings is 1. The molecule has 0 atom stereocenters. The maximum atomic E-state index is 11.7. The Balaban J connectivity index is 1.62. The van der Waals surface area contributed by atoms with Gasteiger partial charge >= 0.3 is 11.9 Å². The number of anilines is 1. The Labute approximate surface area is 165 Å². The molecule has 146 valence electrons. The minimum Gasteiger partial charge on any atom is -0.466 e. The van der Waals surface area contributed by atoms with Crippen LogP contribution < -0.4 is 5.43 Å². The van der Waals surface area contributed by atoms with Crippen molar-refractivity contribution in [3.63, 3.8) is 0 Å². The summed E-state index contributed by atoms with van der Waals surface area (Å²) in [7, 11) is 0. The molecule has 1 N–H and O–H groups in total. The highest BCUT2D eigenvalue weighted by atomic mass is 32.1. The quantitative estimate of drug-likeness (QED) is 0.349. The van der Waals surface area contributed by atoms with Gasteiger partial charge in [0.25, 0.3) is 0 Å². The van der Waals surface area contributed by atoms with E-state index < -0.39 is 5.97 Å². The molecule has 0 fully saturated rings. The zero-order chi connectivity index (χ0) is 19.9. The van der Waals surface area contributed by atoms with Gasteiger partial charge in [0.1, 0.15) is 5.58 Å². The molecule has 9 heteroatoms. The average molecular weight is 401 g/mol. The molecule has 2 heterocycles. The number of thiazole rings is 1. The summed E-state index contributed by atoms with van der Waals surface area (Å²) in [5.74, 6) is -0.627. The van der Waals surface area contributed by atoms with Gasteiger partial charge < -0.3 is 13.9 Å². The van der Waals surface area contributed by atoms with Crippen LogP contribution in [0.5, 0.6) is 0 Å². The number of rotatable bonds is 8. The predicted octanol–water partition coefficient (Wildman–Crippen LogP) is 3.62. The number of hydrogen-bond acceptors (Lipinski definition) is 9. The molecule has 0 amide bonds. The predicted molar refractivity (Wildman–Crippen MR) is 106 cm³/mol. The van der Waals surface area contributed by atoms with Crippen LogP contribution in [0.3, 0.4) is 0 Å². The molecule has 2 aromatic heterocycles. The van der Waals surface area contributed by atoms with Gasteiger partial charge in [-0.2, -0.15) is 5.10 Å². The summed E-state index contributed by atoms with van der Waals surface area (Å²) in [6.45, 7) is 4.14. The first kappa shape index (κ1) is 19.6. The highest BCUT2D eigenvalue weighted by Crippen LogP contribution is 2.21. The molecule has 1 aromatic carbocycles. The maximum Gasteiger partial charge on any atom is 0.374 e. The molecule has 0 aliphatic heterocycles. The Morgan fingerprint density at radius 2 is 2.07 bits per heavy atom. The van der Waals surface area contributed by atoms with Crippen LogP contribution in [-0.2, 0) is 20.7 Å². The van der Waals surface area contributed by atoms with Gasteiger partial charge in [0.15, 0.2) is 0 Å². The van der Waals surface area contributed by atoms with Gasteiger partial charge in [-0.25, -0.2) is 9.78 Å². The summed E-state index contributed by atoms with van der Waals surface area (Å²) in [6.07, 6.45) is 1.76. The lowest BCUT2D eigenvalue weighted by Gasteiger charge is -1.98. The molecule has 0 aliphatic carbocycles. The average Bonchev–Trinajstić information content (AvgIpc) is 3.28. The third kappa shape index (κ3) is 4.95. The monoisotopic (exact) mass is 401 g/mol. The van der Waals surface area contributed by atoms with Crippen molar-refractivity contribution in [1.29, 1.82) is 0 Å². The summed E-state index contributed by atoms with van der Waals surface area (Å²) in [5.41, 5.74) is 4.88. The topological polar surface area (TPSA) is 103 Å². The van der Waals surface area contributed by atoms with E-state index in [-0.39, 0.29) is 24.8 Å². The summed E-state index contributed by atoms with van der Waals surface area (Å²) in [4.78, 5) is 27.5. The molecule has 0 radical (unpaired) electrons. The Morgan fingerprint density at radius 3 is 2.86 bits per heavy atom. The van der Waals surface area contributed by atoms with Crippen LogP contribution in [0.2, 0.25) is 0 Å². The molecule has 28 heavy (non-hydrogen) atoms. The van der Waals surface area contributed by atoms with Crippen molar-refractivity contribution < 1.29 is 23.5 Å². The van der Waals surface area contributed by atoms with Crippen LogP contribution in [0.25, 0.3) is 11.0 Å². The largest absolute Gasteiger partial charge is 0.466 e. The minimum absolute atomic E-state index is 0.135. The second-order valence-electron chi connectivity index (χ2n) is 5.62. The Hall–Kier alpha value is -3.20. The first-order chi connectivity index (χ1) is 13.6. The molecule has 0 bridgehead atoms. The number of fused-ring (bicyclic) bond motifs is 1. The number of esters is 2. The molecule has 8 nitrogen and oxygen atoms in total. The number of nitrogens with zero attached hydrogens (tertiary/aromatic N) is 2. The Bertz CT molecular complexity index is 1010. The second-order valence-corrected chi connectivity index (χ2v) is 6.48. The van der Waals surface area contributed by atoms with Crippen molar-refractivity contribution in [1.82, 2.24) is 4.98 Å². The van der Waals surface area contributed by atoms with E-state index in [9.17, 15) is 9.59 Å². The van der Waals surface area contributed by atoms with E-state index in [1.165, 1.54) is 11.3 Å². The minimum atomic E-state index is -0.488. The van der Waals surface area contributed by atoms with E-state index in [0.29, 0.717) is 23.0 Å². The summed E-state index contributed by atoms with van der Waals surface area (Å²) < 4.78 is 15.3. The van der Waals surface area contributed by atoms with Crippen molar-refractivity contribution in [3.8, 4) is 0 Å². The van der Waals surface area contributed by atoms with E-state index >= 15 is 0 Å². The van der Waals surface area contributed by atoms with E-state index in [1.807, 2.05) is 12.1 Å². The van der Waals surface area contributed by atoms with Gasteiger partial charge in [-0.05, 0) is 43.7 Å². The van der Waals surface area contributed by atoms with Gasteiger partial charge in [-0.15, -0.1) is 11.3 Å². The van der Waals surface area contributed by atoms with E-state index in [0.717, 1.165) is 10.9 Å². The number of carbonyl (C=O) groups is 2. The van der Waals surface area contributed by atoms with Crippen LogP contribution in [0, 0.1) is 0 Å². The zero-order valence-electron chi connectivity index (χ0n) is 15.4. The van der Waals surface area contributed by atoms with Crippen molar-refractivity contribution in [3.05, 3.63) is 46.7 Å². The van der Waals surface area contributed by atoms with E-state index in [4.69, 9.17) is 13.9 Å². The lowest BCUT2D eigenvalue weighted by Crippen LogP contribution is -2.07. The van der Waals surface area contributed by atoms with Gasteiger partial charge in [-0.3, -0.25) is 10.2 Å². The number of hydrazone groups is 1. The van der Waals surface area contributed by atoms with Gasteiger partial charge in [0.2, 0.25) is 10.9 Å². The first-order valence-electron chi connectivity index (χ1n) is 8.68. The van der Waals surface area contributed by atoms with Crippen LogP contribution in [0.15, 0.2) is 39.2 Å². The molecule has 0 saturated carbocycles. The normalized spacial score (nSPS) is 11.1. The fraction of sp³-hybridized carbons (Fsp3) is 0.263. The van der Waals surface area contributed by atoms with E-state index in [2.05, 4.69) is 15.5 Å². The fourth-order valence-corrected chi connectivity index (χ4v) is 3.07. The summed E-state index contributed by atoms with van der Waals surface area (Å²) in [5, 5.41) is 7.28. The Morgan fingerprint density at radius 1 is 1.25 bits per heavy atom. The van der Waals surface area contributed by atoms with Crippen LogP contribution >= 0.6 is 11.3 Å². The lowest BCUT2D eigenvalue weighted by atomic mass is 10.2. The second kappa shape index (κ2) is 9.14. The van der Waals surface area contributed by atoms with Gasteiger partial charge in [0, 0.05) is 10.8 Å². The molecule has 0 spiro atoms. The number of ether oxygens (including phenoxy) is 2. The van der Waals surface area contributed by atoms with Crippen molar-refractivity contribution in [2.24, 2.45) is 5.10 Å². The van der Waals surface area contributed by atoms with Crippen molar-refractivity contribution in [2.45, 2.75) is 20.3 Å². The Kier molecular flexibility index (Phi) is 6.38. The SMILES string of the molecule is CCOC(=O)Cc1csc(NN=Cc2ccc3oc(C(=O)OCC)cc3c2)n1. The smallest absolute Gasteiger partial charge is 0.374 e. The highest BCUT2D eigenvalue weighted by Gasteiger charge is 2.13. The molecule has 0 aliphatic rings. The van der Waals surface area contributed by atoms with Crippen LogP contribution in [0.4, 0.5) is 5.13 Å². The third-order valence-corrected chi connectivity index (χ3v) is 4.37. The number of nitrogens with one attached hydrogen (secondary N) is 1. The number of hydrogen-bond donors (Lipinski definition) is 1. The number of aromatic nitrogens is 1. The fourth-order valence-electron chi connectivity index (χ4n) is 2.41. The summed E-state index contributed by atoms with van der Waals surface area (Å²) in [6, 6.07) is 7.07. The van der Waals surface area contributed by atoms with Crippen molar-refractivity contribution in [2.75, 3.05) is 18.6 Å². The lowest BCUT2D eigenvalue weighted by molar-refractivity contribution is -0.142. The molecule has 0 saturated heterocycles. The molecule has 0 unspecified atom stereocenters. The molecular formula is C19H19N3O5S. The first-order valence-corrected chi connectivity index (χ1v) is 9.56. The standard InChI is InChI=1S/C19H19N3O5S/c1-3-25-17(23)9-14-11-28-19(21-14)22-20-10-12-5-6-15-13(7-12)8-16(27-15)18(24)26-4-2/h5-8,10-11H,3-4,9H2,1-2H3,(H,21,22). The highest BCUT2D eigenvalue weighted by molar-refractivity contribution is 7.13. The van der Waals surface area contributed by atoms with Crippen molar-refractivity contribution >= 4 is 45.6 Å². The van der Waals surface area contributed by atoms with Gasteiger partial charge in [0.05, 0.1) is 31.5 Å². The molecule has 3 aromatic rings. The zero-order valence-corrected chi connectivity index (χ0v) is 16.2. The third-order valence-electron chi connectivity index (χ3n) is 3.57. The summed E-state index contributed by atoms with van der Waals surface area (Å²) >= 11 is 1.35. The molecule has 3 rings (SSSR count). The van der Waals surface area contributed by atoms with Gasteiger partial charge in [-0.1, -0.05) is 0 Å². The van der Waals surface area contributed by atoms with E-state index in [1.54, 1.807) is 37.6 Å². The number of benzene rings is 1. The van der Waals surface area contributed by atoms with Crippen LogP contribution in [-0.4, -0.2) is 36.4 Å². The molecular weight excluding hydrogens is 382 g/mol. The number of carbonyl (C=O) groups excluding carboxylic acids is 2.